The third kappa shape index (κ3) is 4.98. The number of halogens is 1. The largest absolute Gasteiger partial charge is 0.349 e. The standard InChI is InChI=1S/C18H18FN5O2S/c1-12-6-9-27-16(12)18(26)20-7-8-24-11-15(22-23-24)17(25)21-10-13-2-4-14(19)5-3-13/h2-6,9,11H,7-8,10H2,1H3,(H,20,26)(H,21,25). The number of aryl methyl sites for hydroxylation is 1. The van der Waals surface area contributed by atoms with Crippen molar-refractivity contribution >= 4 is 23.2 Å². The van der Waals surface area contributed by atoms with Crippen molar-refractivity contribution in [2.24, 2.45) is 0 Å². The average molecular weight is 387 g/mol. The fourth-order valence-corrected chi connectivity index (χ4v) is 3.20. The summed E-state index contributed by atoms with van der Waals surface area (Å²) >= 11 is 1.40. The summed E-state index contributed by atoms with van der Waals surface area (Å²) in [7, 11) is 0. The summed E-state index contributed by atoms with van der Waals surface area (Å²) in [6.45, 7) is 2.92. The maximum atomic E-state index is 12.9. The van der Waals surface area contributed by atoms with Crippen molar-refractivity contribution < 1.29 is 14.0 Å². The molecule has 7 nitrogen and oxygen atoms in total. The van der Waals surface area contributed by atoms with Crippen LogP contribution in [0.4, 0.5) is 4.39 Å². The highest BCUT2D eigenvalue weighted by atomic mass is 32.1. The molecule has 140 valence electrons. The summed E-state index contributed by atoms with van der Waals surface area (Å²) in [4.78, 5) is 24.8. The molecule has 0 bridgehead atoms. The van der Waals surface area contributed by atoms with Crippen LogP contribution in [0.2, 0.25) is 0 Å². The van der Waals surface area contributed by atoms with E-state index in [1.165, 1.54) is 34.3 Å². The predicted molar refractivity (Wildman–Crippen MR) is 99.0 cm³/mol. The normalized spacial score (nSPS) is 10.6. The number of thiophene rings is 1. The van der Waals surface area contributed by atoms with E-state index in [-0.39, 0.29) is 29.9 Å². The lowest BCUT2D eigenvalue weighted by Gasteiger charge is -2.04. The van der Waals surface area contributed by atoms with Crippen LogP contribution in [0.15, 0.2) is 41.9 Å². The Kier molecular flexibility index (Phi) is 5.92. The van der Waals surface area contributed by atoms with Crippen LogP contribution in [-0.4, -0.2) is 33.4 Å². The smallest absolute Gasteiger partial charge is 0.273 e. The molecule has 2 heterocycles. The van der Waals surface area contributed by atoms with Gasteiger partial charge in [-0.15, -0.1) is 16.4 Å². The second-order valence-corrected chi connectivity index (χ2v) is 6.78. The molecule has 0 atom stereocenters. The van der Waals surface area contributed by atoms with E-state index in [1.807, 2.05) is 18.4 Å². The van der Waals surface area contributed by atoms with Crippen LogP contribution in [0.1, 0.15) is 31.3 Å². The Morgan fingerprint density at radius 2 is 1.93 bits per heavy atom. The lowest BCUT2D eigenvalue weighted by molar-refractivity contribution is 0.0940. The van der Waals surface area contributed by atoms with Crippen molar-refractivity contribution in [2.75, 3.05) is 6.54 Å². The van der Waals surface area contributed by atoms with Crippen molar-refractivity contribution in [3.63, 3.8) is 0 Å². The molecule has 1 aromatic carbocycles. The van der Waals surface area contributed by atoms with Crippen LogP contribution in [0.3, 0.4) is 0 Å². The van der Waals surface area contributed by atoms with Crippen LogP contribution in [-0.2, 0) is 13.1 Å². The Morgan fingerprint density at radius 1 is 1.15 bits per heavy atom. The van der Waals surface area contributed by atoms with E-state index in [9.17, 15) is 14.0 Å². The van der Waals surface area contributed by atoms with Gasteiger partial charge in [-0.05, 0) is 41.6 Å². The summed E-state index contributed by atoms with van der Waals surface area (Å²) in [5, 5.41) is 15.1. The Labute approximate surface area is 159 Å². The van der Waals surface area contributed by atoms with Gasteiger partial charge in [0.25, 0.3) is 11.8 Å². The quantitative estimate of drug-likeness (QED) is 0.650. The van der Waals surface area contributed by atoms with Crippen LogP contribution in [0.25, 0.3) is 0 Å². The van der Waals surface area contributed by atoms with Crippen molar-refractivity contribution in [3.8, 4) is 0 Å². The maximum Gasteiger partial charge on any atom is 0.273 e. The van der Waals surface area contributed by atoms with Gasteiger partial charge in [0.05, 0.1) is 17.6 Å². The predicted octanol–water partition coefficient (Wildman–Crippen LogP) is 2.15. The third-order valence-electron chi connectivity index (χ3n) is 3.83. The number of carbonyl (C=O) groups excluding carboxylic acids is 2. The maximum absolute atomic E-state index is 12.9. The van der Waals surface area contributed by atoms with E-state index in [1.54, 1.807) is 12.1 Å². The molecule has 2 aromatic heterocycles. The zero-order valence-electron chi connectivity index (χ0n) is 14.6. The Bertz CT molecular complexity index is 935. The van der Waals surface area contributed by atoms with Crippen LogP contribution >= 0.6 is 11.3 Å². The summed E-state index contributed by atoms with van der Waals surface area (Å²) in [5.74, 6) is -0.821. The fraction of sp³-hybridized carbons (Fsp3) is 0.222. The molecule has 0 fully saturated rings. The fourth-order valence-electron chi connectivity index (χ4n) is 2.36. The highest BCUT2D eigenvalue weighted by Crippen LogP contribution is 2.14. The summed E-state index contributed by atoms with van der Waals surface area (Å²) in [6, 6.07) is 7.77. The minimum absolute atomic E-state index is 0.125. The first-order valence-electron chi connectivity index (χ1n) is 8.28. The number of hydrogen-bond acceptors (Lipinski definition) is 5. The number of benzene rings is 1. The van der Waals surface area contributed by atoms with E-state index in [0.29, 0.717) is 18.0 Å². The molecule has 0 unspecified atom stereocenters. The van der Waals surface area contributed by atoms with E-state index in [4.69, 9.17) is 0 Å². The van der Waals surface area contributed by atoms with Crippen LogP contribution < -0.4 is 10.6 Å². The highest BCUT2D eigenvalue weighted by molar-refractivity contribution is 7.12. The average Bonchev–Trinajstić information content (AvgIpc) is 3.30. The van der Waals surface area contributed by atoms with Crippen molar-refractivity contribution in [1.29, 1.82) is 0 Å². The zero-order valence-corrected chi connectivity index (χ0v) is 15.4. The van der Waals surface area contributed by atoms with Crippen LogP contribution in [0, 0.1) is 12.7 Å². The van der Waals surface area contributed by atoms with Gasteiger partial charge in [-0.1, -0.05) is 17.3 Å². The monoisotopic (exact) mass is 387 g/mol. The number of hydrogen-bond donors (Lipinski definition) is 2. The molecular weight excluding hydrogens is 369 g/mol. The van der Waals surface area contributed by atoms with E-state index in [0.717, 1.165) is 11.1 Å². The minimum Gasteiger partial charge on any atom is -0.349 e. The van der Waals surface area contributed by atoms with Gasteiger partial charge >= 0.3 is 0 Å². The summed E-state index contributed by atoms with van der Waals surface area (Å²) < 4.78 is 14.4. The molecule has 0 aliphatic heterocycles. The van der Waals surface area contributed by atoms with E-state index < -0.39 is 0 Å². The topological polar surface area (TPSA) is 88.9 Å². The lowest BCUT2D eigenvalue weighted by Crippen LogP contribution is -2.27. The first-order valence-corrected chi connectivity index (χ1v) is 9.16. The summed E-state index contributed by atoms with van der Waals surface area (Å²) in [5.41, 5.74) is 1.90. The second-order valence-electron chi connectivity index (χ2n) is 5.86. The van der Waals surface area contributed by atoms with E-state index >= 15 is 0 Å². The van der Waals surface area contributed by atoms with Crippen molar-refractivity contribution in [1.82, 2.24) is 25.6 Å². The Balaban J connectivity index is 1.46. The molecule has 0 spiro atoms. The summed E-state index contributed by atoms with van der Waals surface area (Å²) in [6.07, 6.45) is 1.52. The first kappa shape index (κ1) is 18.7. The van der Waals surface area contributed by atoms with Crippen molar-refractivity contribution in [2.45, 2.75) is 20.0 Å². The van der Waals surface area contributed by atoms with Crippen molar-refractivity contribution in [3.05, 3.63) is 69.4 Å². The van der Waals surface area contributed by atoms with Gasteiger partial charge in [-0.2, -0.15) is 0 Å². The number of carbonyl (C=O) groups is 2. The number of nitrogens with one attached hydrogen (secondary N) is 2. The Morgan fingerprint density at radius 3 is 2.63 bits per heavy atom. The molecule has 27 heavy (non-hydrogen) atoms. The number of nitrogens with zero attached hydrogens (tertiary/aromatic N) is 3. The molecule has 0 saturated carbocycles. The van der Waals surface area contributed by atoms with Gasteiger partial charge in [-0.25, -0.2) is 9.07 Å². The van der Waals surface area contributed by atoms with Gasteiger partial charge in [0.2, 0.25) is 0 Å². The molecule has 0 saturated heterocycles. The molecule has 0 aliphatic carbocycles. The van der Waals surface area contributed by atoms with Crippen LogP contribution in [0.5, 0.6) is 0 Å². The number of rotatable bonds is 7. The molecule has 3 aromatic rings. The second kappa shape index (κ2) is 8.54. The first-order chi connectivity index (χ1) is 13.0. The van der Waals surface area contributed by atoms with Gasteiger partial charge < -0.3 is 10.6 Å². The number of amides is 2. The molecule has 2 N–H and O–H groups in total. The molecule has 0 aliphatic rings. The van der Waals surface area contributed by atoms with Gasteiger partial charge in [-0.3, -0.25) is 9.59 Å². The third-order valence-corrected chi connectivity index (χ3v) is 4.85. The molecular formula is C18H18FN5O2S. The van der Waals surface area contributed by atoms with Gasteiger partial charge in [0.15, 0.2) is 5.69 Å². The minimum atomic E-state index is -0.371. The SMILES string of the molecule is Cc1ccsc1C(=O)NCCn1cc(C(=O)NCc2ccc(F)cc2)nn1. The molecule has 3 rings (SSSR count). The van der Waals surface area contributed by atoms with Gasteiger partial charge in [0, 0.05) is 13.1 Å². The number of aromatic nitrogens is 3. The Hall–Kier alpha value is -3.07. The molecule has 9 heteroatoms. The molecule has 2 amide bonds. The molecule has 0 radical (unpaired) electrons. The highest BCUT2D eigenvalue weighted by Gasteiger charge is 2.12. The lowest BCUT2D eigenvalue weighted by atomic mass is 10.2. The van der Waals surface area contributed by atoms with E-state index in [2.05, 4.69) is 20.9 Å². The zero-order chi connectivity index (χ0) is 19.2. The van der Waals surface area contributed by atoms with Gasteiger partial charge in [0.1, 0.15) is 5.82 Å².